The van der Waals surface area contributed by atoms with Crippen molar-refractivity contribution in [2.45, 2.75) is 20.3 Å². The van der Waals surface area contributed by atoms with E-state index in [1.807, 2.05) is 17.0 Å². The summed E-state index contributed by atoms with van der Waals surface area (Å²) < 4.78 is 0. The molecule has 0 saturated carbocycles. The van der Waals surface area contributed by atoms with E-state index in [9.17, 15) is 4.79 Å². The predicted octanol–water partition coefficient (Wildman–Crippen LogP) is 1.96. The molecule has 2 rings (SSSR count). The molecule has 1 N–H and O–H groups in total. The Labute approximate surface area is 103 Å². The Kier molecular flexibility index (Phi) is 3.79. The summed E-state index contributed by atoms with van der Waals surface area (Å²) in [6.07, 6.45) is 0.584. The maximum Gasteiger partial charge on any atom is 0.228 e. The lowest BCUT2D eigenvalue weighted by atomic mass is 10.1. The molecule has 1 aliphatic heterocycles. The van der Waals surface area contributed by atoms with Gasteiger partial charge in [-0.2, -0.15) is 0 Å². The van der Waals surface area contributed by atoms with Gasteiger partial charge in [0.2, 0.25) is 5.91 Å². The van der Waals surface area contributed by atoms with Crippen LogP contribution in [0.1, 0.15) is 18.9 Å². The summed E-state index contributed by atoms with van der Waals surface area (Å²) in [4.78, 5) is 14.0. The lowest BCUT2D eigenvalue weighted by molar-refractivity contribution is -0.118. The zero-order chi connectivity index (χ0) is 12.3. The number of nitrogens with zero attached hydrogens (tertiary/aromatic N) is 1. The molecular formula is C14H20N2O. The van der Waals surface area contributed by atoms with Crippen LogP contribution < -0.4 is 10.2 Å². The molecule has 1 aliphatic rings. The van der Waals surface area contributed by atoms with Gasteiger partial charge in [-0.3, -0.25) is 4.79 Å². The monoisotopic (exact) mass is 232 g/mol. The maximum absolute atomic E-state index is 12.1. The number of hydrogen-bond donors (Lipinski definition) is 1. The summed E-state index contributed by atoms with van der Waals surface area (Å²) in [6.45, 7) is 6.80. The molecule has 3 heteroatoms. The molecule has 1 atom stereocenters. The van der Waals surface area contributed by atoms with Crippen molar-refractivity contribution in [3.05, 3.63) is 29.8 Å². The smallest absolute Gasteiger partial charge is 0.228 e. The summed E-state index contributed by atoms with van der Waals surface area (Å²) >= 11 is 0. The third-order valence-corrected chi connectivity index (χ3v) is 3.12. The van der Waals surface area contributed by atoms with Gasteiger partial charge in [-0.15, -0.1) is 0 Å². The highest BCUT2D eigenvalue weighted by molar-refractivity contribution is 5.93. The number of rotatable bonds is 1. The van der Waals surface area contributed by atoms with Crippen molar-refractivity contribution in [2.75, 3.05) is 24.5 Å². The van der Waals surface area contributed by atoms with Crippen molar-refractivity contribution in [3.63, 3.8) is 0 Å². The number of nitrogens with one attached hydrogen (secondary N) is 1. The van der Waals surface area contributed by atoms with Crippen molar-refractivity contribution in [3.8, 4) is 0 Å². The zero-order valence-corrected chi connectivity index (χ0v) is 10.6. The Morgan fingerprint density at radius 1 is 1.41 bits per heavy atom. The quantitative estimate of drug-likeness (QED) is 0.802. The van der Waals surface area contributed by atoms with Crippen molar-refractivity contribution >= 4 is 11.6 Å². The molecule has 1 unspecified atom stereocenters. The molecule has 17 heavy (non-hydrogen) atoms. The topological polar surface area (TPSA) is 32.3 Å². The van der Waals surface area contributed by atoms with Gasteiger partial charge in [0.1, 0.15) is 0 Å². The summed E-state index contributed by atoms with van der Waals surface area (Å²) in [5.41, 5.74) is 2.23. The molecule has 1 aromatic carbocycles. The van der Waals surface area contributed by atoms with Gasteiger partial charge in [0.05, 0.1) is 0 Å². The first-order valence-electron chi connectivity index (χ1n) is 6.24. The lowest BCUT2D eigenvalue weighted by Gasteiger charge is -2.29. The number of carbonyl (C=O) groups excluding carboxylic acids is 1. The first-order valence-corrected chi connectivity index (χ1v) is 6.24. The standard InChI is InChI=1S/C14H20N2O/c1-11-4-3-5-13(8-11)16-10-12(2)9-15-7-6-14(16)17/h3-5,8,12,15H,6-7,9-10H2,1-2H3. The van der Waals surface area contributed by atoms with E-state index in [1.165, 1.54) is 5.56 Å². The predicted molar refractivity (Wildman–Crippen MR) is 70.2 cm³/mol. The van der Waals surface area contributed by atoms with Crippen LogP contribution in [0.2, 0.25) is 0 Å². The van der Waals surface area contributed by atoms with Gasteiger partial charge in [-0.1, -0.05) is 19.1 Å². The molecule has 3 nitrogen and oxygen atoms in total. The van der Waals surface area contributed by atoms with Crippen molar-refractivity contribution in [1.29, 1.82) is 0 Å². The Morgan fingerprint density at radius 3 is 3.00 bits per heavy atom. The van der Waals surface area contributed by atoms with E-state index < -0.39 is 0 Å². The zero-order valence-electron chi connectivity index (χ0n) is 10.6. The molecule has 1 heterocycles. The van der Waals surface area contributed by atoms with Gasteiger partial charge < -0.3 is 10.2 Å². The summed E-state index contributed by atoms with van der Waals surface area (Å²) in [6, 6.07) is 8.18. The average Bonchev–Trinajstić information content (AvgIpc) is 2.29. The third-order valence-electron chi connectivity index (χ3n) is 3.12. The highest BCUT2D eigenvalue weighted by atomic mass is 16.2. The van der Waals surface area contributed by atoms with E-state index in [2.05, 4.69) is 31.3 Å². The Balaban J connectivity index is 2.23. The Morgan fingerprint density at radius 2 is 2.24 bits per heavy atom. The number of anilines is 1. The number of hydrogen-bond acceptors (Lipinski definition) is 2. The van der Waals surface area contributed by atoms with Crippen LogP contribution in [-0.2, 0) is 4.79 Å². The largest absolute Gasteiger partial charge is 0.316 e. The van der Waals surface area contributed by atoms with Gasteiger partial charge in [0.15, 0.2) is 0 Å². The molecule has 0 radical (unpaired) electrons. The van der Waals surface area contributed by atoms with Crippen molar-refractivity contribution < 1.29 is 4.79 Å². The molecular weight excluding hydrogens is 212 g/mol. The van der Waals surface area contributed by atoms with Crippen LogP contribution >= 0.6 is 0 Å². The Bertz CT molecular complexity index is 403. The normalized spacial score (nSPS) is 22.1. The van der Waals surface area contributed by atoms with E-state index in [4.69, 9.17) is 0 Å². The molecule has 0 spiro atoms. The first kappa shape index (κ1) is 12.1. The summed E-state index contributed by atoms with van der Waals surface area (Å²) in [5.74, 6) is 0.703. The molecule has 0 aliphatic carbocycles. The minimum absolute atomic E-state index is 0.217. The number of benzene rings is 1. The van der Waals surface area contributed by atoms with Gasteiger partial charge in [-0.05, 0) is 37.1 Å². The van der Waals surface area contributed by atoms with E-state index in [0.29, 0.717) is 12.3 Å². The van der Waals surface area contributed by atoms with Gasteiger partial charge in [0.25, 0.3) is 0 Å². The van der Waals surface area contributed by atoms with Gasteiger partial charge in [0, 0.05) is 25.2 Å². The highest BCUT2D eigenvalue weighted by Gasteiger charge is 2.20. The number of aryl methyl sites for hydroxylation is 1. The second-order valence-corrected chi connectivity index (χ2v) is 4.90. The molecule has 1 aromatic rings. The van der Waals surface area contributed by atoms with E-state index in [1.54, 1.807) is 0 Å². The fraction of sp³-hybridized carbons (Fsp3) is 0.500. The summed E-state index contributed by atoms with van der Waals surface area (Å²) in [5, 5.41) is 3.30. The van der Waals surface area contributed by atoms with Gasteiger partial charge in [-0.25, -0.2) is 0 Å². The minimum Gasteiger partial charge on any atom is -0.316 e. The molecule has 92 valence electrons. The molecule has 1 amide bonds. The SMILES string of the molecule is Cc1cccc(N2CC(C)CNCCC2=O)c1. The van der Waals surface area contributed by atoms with Crippen molar-refractivity contribution in [1.82, 2.24) is 5.32 Å². The lowest BCUT2D eigenvalue weighted by Crippen LogP contribution is -2.42. The van der Waals surface area contributed by atoms with E-state index in [0.717, 1.165) is 25.3 Å². The highest BCUT2D eigenvalue weighted by Crippen LogP contribution is 2.19. The summed E-state index contributed by atoms with van der Waals surface area (Å²) in [7, 11) is 0. The fourth-order valence-corrected chi connectivity index (χ4v) is 2.20. The van der Waals surface area contributed by atoms with Gasteiger partial charge >= 0.3 is 0 Å². The average molecular weight is 232 g/mol. The second-order valence-electron chi connectivity index (χ2n) is 4.90. The van der Waals surface area contributed by atoms with Crippen LogP contribution in [0.15, 0.2) is 24.3 Å². The maximum atomic E-state index is 12.1. The van der Waals surface area contributed by atoms with E-state index >= 15 is 0 Å². The Hall–Kier alpha value is -1.35. The van der Waals surface area contributed by atoms with Crippen molar-refractivity contribution in [2.24, 2.45) is 5.92 Å². The second kappa shape index (κ2) is 5.32. The van der Waals surface area contributed by atoms with E-state index in [-0.39, 0.29) is 5.91 Å². The number of amides is 1. The molecule has 1 saturated heterocycles. The minimum atomic E-state index is 0.217. The van der Waals surface area contributed by atoms with Crippen LogP contribution in [0, 0.1) is 12.8 Å². The first-order chi connectivity index (χ1) is 8.16. The van der Waals surface area contributed by atoms with Crippen LogP contribution in [-0.4, -0.2) is 25.5 Å². The van der Waals surface area contributed by atoms with Crippen LogP contribution in [0.3, 0.4) is 0 Å². The molecule has 0 bridgehead atoms. The fourth-order valence-electron chi connectivity index (χ4n) is 2.20. The van der Waals surface area contributed by atoms with Crippen LogP contribution in [0.4, 0.5) is 5.69 Å². The van der Waals surface area contributed by atoms with Crippen LogP contribution in [0.25, 0.3) is 0 Å². The van der Waals surface area contributed by atoms with Crippen LogP contribution in [0.5, 0.6) is 0 Å². The number of carbonyl (C=O) groups is 1. The third kappa shape index (κ3) is 3.07. The molecule has 0 aromatic heterocycles. The molecule has 1 fully saturated rings.